The van der Waals surface area contributed by atoms with Crippen molar-refractivity contribution in [2.75, 3.05) is 13.1 Å². The molecule has 0 saturated carbocycles. The van der Waals surface area contributed by atoms with Crippen molar-refractivity contribution in [2.24, 2.45) is 5.92 Å². The van der Waals surface area contributed by atoms with Gasteiger partial charge in [-0.1, -0.05) is 37.3 Å². The number of likely N-dealkylation sites (tertiary alicyclic amines) is 1. The van der Waals surface area contributed by atoms with Gasteiger partial charge in [-0.25, -0.2) is 0 Å². The summed E-state index contributed by atoms with van der Waals surface area (Å²) in [7, 11) is 0. The molecule has 1 aromatic carbocycles. The van der Waals surface area contributed by atoms with Crippen molar-refractivity contribution in [3.05, 3.63) is 42.1 Å². The largest absolute Gasteiger partial charge is 0.310 e. The molecule has 96 valence electrons. The third kappa shape index (κ3) is 2.19. The van der Waals surface area contributed by atoms with E-state index in [-0.39, 0.29) is 0 Å². The minimum atomic E-state index is 0.365. The lowest BCUT2D eigenvalue weighted by molar-refractivity contribution is 0.465. The van der Waals surface area contributed by atoms with Gasteiger partial charge in [0, 0.05) is 30.3 Å². The van der Waals surface area contributed by atoms with Gasteiger partial charge in [0.15, 0.2) is 6.19 Å². The number of nitriles is 1. The zero-order chi connectivity index (χ0) is 13.2. The maximum Gasteiger partial charge on any atom is 0.179 e. The van der Waals surface area contributed by atoms with Gasteiger partial charge >= 0.3 is 0 Å². The fraction of sp³-hybridized carbons (Fsp3) is 0.333. The number of rotatable bonds is 2. The van der Waals surface area contributed by atoms with Crippen molar-refractivity contribution >= 4 is 0 Å². The molecule has 0 aliphatic carbocycles. The van der Waals surface area contributed by atoms with Crippen LogP contribution in [0.1, 0.15) is 18.5 Å². The summed E-state index contributed by atoms with van der Waals surface area (Å²) >= 11 is 0. The first-order valence-electron chi connectivity index (χ1n) is 6.53. The molecule has 0 radical (unpaired) electrons. The monoisotopic (exact) mass is 252 g/mol. The van der Waals surface area contributed by atoms with Gasteiger partial charge in [0.1, 0.15) is 0 Å². The fourth-order valence-electron chi connectivity index (χ4n) is 2.74. The first-order valence-corrected chi connectivity index (χ1v) is 6.53. The molecule has 1 aliphatic heterocycles. The van der Waals surface area contributed by atoms with E-state index in [1.165, 1.54) is 0 Å². The van der Waals surface area contributed by atoms with Gasteiger partial charge in [-0.05, 0) is 12.0 Å². The standard InChI is InChI=1S/C15H16N4/c1-11-8-19(10-16)9-13(11)15-7-14(17-18-15)12-5-3-2-4-6-12/h2-7,11,13H,8-9H2,1H3,(H,17,18)/t11-,13-/m1/s1. The average Bonchev–Trinajstić information content (AvgIpc) is 3.06. The average molecular weight is 252 g/mol. The van der Waals surface area contributed by atoms with Gasteiger partial charge < -0.3 is 4.90 Å². The molecule has 3 rings (SSSR count). The number of aromatic amines is 1. The molecule has 2 atom stereocenters. The second-order valence-electron chi connectivity index (χ2n) is 5.16. The second kappa shape index (κ2) is 4.77. The Kier molecular flexibility index (Phi) is 2.96. The molecule has 1 saturated heterocycles. The van der Waals surface area contributed by atoms with E-state index in [0.717, 1.165) is 30.0 Å². The Bertz CT molecular complexity index is 596. The Hall–Kier alpha value is -2.28. The summed E-state index contributed by atoms with van der Waals surface area (Å²) in [6.45, 7) is 3.81. The number of H-pyrrole nitrogens is 1. The lowest BCUT2D eigenvalue weighted by Crippen LogP contribution is -2.12. The zero-order valence-electron chi connectivity index (χ0n) is 10.9. The minimum absolute atomic E-state index is 0.365. The summed E-state index contributed by atoms with van der Waals surface area (Å²) in [6.07, 6.45) is 2.23. The molecule has 2 heterocycles. The number of nitrogens with zero attached hydrogens (tertiary/aromatic N) is 3. The molecule has 1 aliphatic rings. The molecule has 0 unspecified atom stereocenters. The lowest BCUT2D eigenvalue weighted by Gasteiger charge is -2.10. The Morgan fingerprint density at radius 2 is 2.11 bits per heavy atom. The normalized spacial score (nSPS) is 22.4. The number of benzene rings is 1. The first-order chi connectivity index (χ1) is 9.28. The molecule has 4 heteroatoms. The highest BCUT2D eigenvalue weighted by Gasteiger charge is 2.31. The van der Waals surface area contributed by atoms with Crippen molar-refractivity contribution in [1.82, 2.24) is 15.1 Å². The number of aromatic nitrogens is 2. The molecule has 4 nitrogen and oxygen atoms in total. The molecule has 0 bridgehead atoms. The maximum atomic E-state index is 8.98. The summed E-state index contributed by atoms with van der Waals surface area (Å²) in [4.78, 5) is 1.82. The third-order valence-corrected chi connectivity index (χ3v) is 3.82. The third-order valence-electron chi connectivity index (χ3n) is 3.82. The lowest BCUT2D eigenvalue weighted by atomic mass is 9.94. The summed E-state index contributed by atoms with van der Waals surface area (Å²) in [6, 6.07) is 12.2. The molecule has 1 N–H and O–H groups in total. The smallest absolute Gasteiger partial charge is 0.179 e. The molecule has 1 aromatic heterocycles. The highest BCUT2D eigenvalue weighted by atomic mass is 15.2. The van der Waals surface area contributed by atoms with Crippen LogP contribution in [0.25, 0.3) is 11.3 Å². The van der Waals surface area contributed by atoms with Gasteiger partial charge in [0.25, 0.3) is 0 Å². The molecule has 19 heavy (non-hydrogen) atoms. The van der Waals surface area contributed by atoms with Crippen LogP contribution in [-0.2, 0) is 0 Å². The van der Waals surface area contributed by atoms with Crippen LogP contribution in [0.4, 0.5) is 0 Å². The molecule has 2 aromatic rings. The first kappa shape index (κ1) is 11.8. The van der Waals surface area contributed by atoms with Crippen molar-refractivity contribution in [3.63, 3.8) is 0 Å². The molecular weight excluding hydrogens is 236 g/mol. The predicted octanol–water partition coefficient (Wildman–Crippen LogP) is 2.59. The van der Waals surface area contributed by atoms with Crippen LogP contribution < -0.4 is 0 Å². The van der Waals surface area contributed by atoms with E-state index < -0.39 is 0 Å². The Balaban J connectivity index is 1.85. The van der Waals surface area contributed by atoms with E-state index in [1.807, 2.05) is 23.1 Å². The zero-order valence-corrected chi connectivity index (χ0v) is 10.9. The van der Waals surface area contributed by atoms with Crippen LogP contribution in [0.2, 0.25) is 0 Å². The summed E-state index contributed by atoms with van der Waals surface area (Å²) in [5.74, 6) is 0.841. The fourth-order valence-corrected chi connectivity index (χ4v) is 2.74. The van der Waals surface area contributed by atoms with E-state index >= 15 is 0 Å². The Morgan fingerprint density at radius 3 is 2.79 bits per heavy atom. The highest BCUT2D eigenvalue weighted by molar-refractivity contribution is 5.59. The second-order valence-corrected chi connectivity index (χ2v) is 5.16. The van der Waals surface area contributed by atoms with Crippen LogP contribution in [0.5, 0.6) is 0 Å². The van der Waals surface area contributed by atoms with Crippen LogP contribution in [0.15, 0.2) is 36.4 Å². The topological polar surface area (TPSA) is 55.7 Å². The van der Waals surface area contributed by atoms with Gasteiger partial charge in [0.05, 0.1) is 5.69 Å². The Labute approximate surface area is 112 Å². The van der Waals surface area contributed by atoms with Crippen molar-refractivity contribution in [1.29, 1.82) is 5.26 Å². The van der Waals surface area contributed by atoms with E-state index in [0.29, 0.717) is 11.8 Å². The SMILES string of the molecule is C[C@@H]1CN(C#N)C[C@H]1c1cc(-c2ccccc2)n[nH]1. The van der Waals surface area contributed by atoms with Crippen molar-refractivity contribution in [3.8, 4) is 17.5 Å². The van der Waals surface area contributed by atoms with Crippen LogP contribution in [0, 0.1) is 17.4 Å². The van der Waals surface area contributed by atoms with Gasteiger partial charge in [0.2, 0.25) is 0 Å². The quantitative estimate of drug-likeness (QED) is 0.836. The van der Waals surface area contributed by atoms with Crippen molar-refractivity contribution < 1.29 is 0 Å². The van der Waals surface area contributed by atoms with E-state index in [1.54, 1.807) is 0 Å². The predicted molar refractivity (Wildman–Crippen MR) is 73.1 cm³/mol. The van der Waals surface area contributed by atoms with Crippen LogP contribution >= 0.6 is 0 Å². The highest BCUT2D eigenvalue weighted by Crippen LogP contribution is 2.32. The number of hydrogen-bond acceptors (Lipinski definition) is 3. The Morgan fingerprint density at radius 1 is 1.32 bits per heavy atom. The van der Waals surface area contributed by atoms with Gasteiger partial charge in [-0.15, -0.1) is 0 Å². The summed E-state index contributed by atoms with van der Waals surface area (Å²) in [5, 5.41) is 16.5. The number of hydrogen-bond donors (Lipinski definition) is 1. The van der Waals surface area contributed by atoms with Gasteiger partial charge in [-0.2, -0.15) is 10.4 Å². The van der Waals surface area contributed by atoms with E-state index in [2.05, 4.69) is 41.5 Å². The molecule has 0 spiro atoms. The van der Waals surface area contributed by atoms with Crippen molar-refractivity contribution in [2.45, 2.75) is 12.8 Å². The van der Waals surface area contributed by atoms with E-state index in [4.69, 9.17) is 5.26 Å². The molecule has 0 amide bonds. The van der Waals surface area contributed by atoms with Crippen LogP contribution in [-0.4, -0.2) is 28.2 Å². The number of nitrogens with one attached hydrogen (secondary N) is 1. The maximum absolute atomic E-state index is 8.98. The minimum Gasteiger partial charge on any atom is -0.310 e. The molecule has 1 fully saturated rings. The van der Waals surface area contributed by atoms with E-state index in [9.17, 15) is 0 Å². The molecular formula is C15H16N4. The van der Waals surface area contributed by atoms with Gasteiger partial charge in [-0.3, -0.25) is 5.10 Å². The summed E-state index contributed by atoms with van der Waals surface area (Å²) in [5.41, 5.74) is 3.22. The van der Waals surface area contributed by atoms with Crippen LogP contribution in [0.3, 0.4) is 0 Å². The summed E-state index contributed by atoms with van der Waals surface area (Å²) < 4.78 is 0.